The van der Waals surface area contributed by atoms with E-state index >= 15 is 0 Å². The van der Waals surface area contributed by atoms with E-state index in [2.05, 4.69) is 40.1 Å². The Balaban J connectivity index is 1.25. The minimum absolute atomic E-state index is 0.570. The Morgan fingerprint density at radius 2 is 1.59 bits per heavy atom. The normalized spacial score (nSPS) is 20.8. The van der Waals surface area contributed by atoms with Gasteiger partial charge in [-0.3, -0.25) is 9.80 Å². The lowest BCUT2D eigenvalue weighted by molar-refractivity contribution is 0.0280. The van der Waals surface area contributed by atoms with E-state index in [0.717, 1.165) is 30.4 Å². The summed E-state index contributed by atoms with van der Waals surface area (Å²) in [5.41, 5.74) is 1.93. The van der Waals surface area contributed by atoms with E-state index in [0.29, 0.717) is 5.41 Å². The standard InChI is InChI=1S/C23H32N2O2/c1-19-6-7-22(27-19)18-25-14-10-23(11-15-25)8-12-24(13-9-23)17-20-4-3-5-21(16-20)26-2/h3-7,16H,8-15,17-18H2,1-2H3. The molecule has 0 unspecified atom stereocenters. The van der Waals surface area contributed by atoms with Gasteiger partial charge in [-0.25, -0.2) is 0 Å². The van der Waals surface area contributed by atoms with Crippen LogP contribution in [0.15, 0.2) is 40.8 Å². The molecule has 2 aliphatic heterocycles. The molecule has 4 heteroatoms. The minimum Gasteiger partial charge on any atom is -0.497 e. The summed E-state index contributed by atoms with van der Waals surface area (Å²) in [6, 6.07) is 12.7. The number of rotatable bonds is 5. The number of ether oxygens (including phenoxy) is 1. The topological polar surface area (TPSA) is 28.9 Å². The molecule has 0 amide bonds. The Morgan fingerprint density at radius 1 is 0.926 bits per heavy atom. The number of likely N-dealkylation sites (tertiary alicyclic amines) is 2. The van der Waals surface area contributed by atoms with Crippen molar-refractivity contribution in [2.45, 2.75) is 45.7 Å². The van der Waals surface area contributed by atoms with Crippen molar-refractivity contribution in [3.63, 3.8) is 0 Å². The predicted octanol–water partition coefficient (Wildman–Crippen LogP) is 4.47. The van der Waals surface area contributed by atoms with Gasteiger partial charge in [-0.1, -0.05) is 12.1 Å². The van der Waals surface area contributed by atoms with Crippen molar-refractivity contribution in [2.24, 2.45) is 5.41 Å². The van der Waals surface area contributed by atoms with E-state index < -0.39 is 0 Å². The molecule has 2 fully saturated rings. The molecular weight excluding hydrogens is 336 g/mol. The maximum Gasteiger partial charge on any atom is 0.119 e. The van der Waals surface area contributed by atoms with Gasteiger partial charge < -0.3 is 9.15 Å². The fourth-order valence-electron chi connectivity index (χ4n) is 4.69. The van der Waals surface area contributed by atoms with E-state index in [1.54, 1.807) is 7.11 Å². The summed E-state index contributed by atoms with van der Waals surface area (Å²) in [6.45, 7) is 8.87. The van der Waals surface area contributed by atoms with Crippen molar-refractivity contribution in [2.75, 3.05) is 33.3 Å². The van der Waals surface area contributed by atoms with Crippen molar-refractivity contribution < 1.29 is 9.15 Å². The summed E-state index contributed by atoms with van der Waals surface area (Å²) in [6.07, 6.45) is 5.34. The Bertz CT molecular complexity index is 736. The molecule has 0 atom stereocenters. The molecule has 0 bridgehead atoms. The molecule has 0 radical (unpaired) electrons. The second-order valence-electron chi connectivity index (χ2n) is 8.42. The lowest BCUT2D eigenvalue weighted by Crippen LogP contribution is -2.46. The average Bonchev–Trinajstić information content (AvgIpc) is 3.11. The monoisotopic (exact) mass is 368 g/mol. The van der Waals surface area contributed by atoms with Gasteiger partial charge in [0, 0.05) is 6.54 Å². The predicted molar refractivity (Wildman–Crippen MR) is 108 cm³/mol. The van der Waals surface area contributed by atoms with Crippen LogP contribution >= 0.6 is 0 Å². The first-order valence-electron chi connectivity index (χ1n) is 10.3. The van der Waals surface area contributed by atoms with Crippen LogP contribution < -0.4 is 4.74 Å². The second kappa shape index (κ2) is 8.07. The highest BCUT2D eigenvalue weighted by Crippen LogP contribution is 2.41. The van der Waals surface area contributed by atoms with Crippen LogP contribution in [0.25, 0.3) is 0 Å². The van der Waals surface area contributed by atoms with Crippen molar-refractivity contribution in [1.82, 2.24) is 9.80 Å². The number of furan rings is 1. The van der Waals surface area contributed by atoms with Gasteiger partial charge in [0.25, 0.3) is 0 Å². The van der Waals surface area contributed by atoms with Crippen LogP contribution in [0.1, 0.15) is 42.8 Å². The van der Waals surface area contributed by atoms with Gasteiger partial charge in [-0.15, -0.1) is 0 Å². The number of hydrogen-bond acceptors (Lipinski definition) is 4. The molecule has 2 saturated heterocycles. The number of benzene rings is 1. The van der Waals surface area contributed by atoms with E-state index in [1.807, 2.05) is 13.0 Å². The van der Waals surface area contributed by atoms with Crippen LogP contribution in [0.4, 0.5) is 0 Å². The molecule has 146 valence electrons. The maximum absolute atomic E-state index is 5.75. The Kier molecular flexibility index (Phi) is 5.55. The first kappa shape index (κ1) is 18.6. The van der Waals surface area contributed by atoms with Gasteiger partial charge in [-0.05, 0) is 94.0 Å². The zero-order valence-electron chi connectivity index (χ0n) is 16.7. The summed E-state index contributed by atoms with van der Waals surface area (Å²) in [4.78, 5) is 5.17. The summed E-state index contributed by atoms with van der Waals surface area (Å²) in [7, 11) is 1.74. The van der Waals surface area contributed by atoms with Crippen molar-refractivity contribution in [3.8, 4) is 5.75 Å². The number of methoxy groups -OCH3 is 1. The van der Waals surface area contributed by atoms with Gasteiger partial charge >= 0.3 is 0 Å². The third-order valence-corrected chi connectivity index (χ3v) is 6.55. The Morgan fingerprint density at radius 3 is 2.19 bits per heavy atom. The summed E-state index contributed by atoms with van der Waals surface area (Å²) in [5.74, 6) is 3.08. The van der Waals surface area contributed by atoms with Crippen LogP contribution in [-0.4, -0.2) is 43.1 Å². The Hall–Kier alpha value is -1.78. The van der Waals surface area contributed by atoms with E-state index in [1.165, 1.54) is 57.4 Å². The molecular formula is C23H32N2O2. The zero-order valence-corrected chi connectivity index (χ0v) is 16.7. The first-order chi connectivity index (χ1) is 13.1. The first-order valence-corrected chi connectivity index (χ1v) is 10.3. The summed E-state index contributed by atoms with van der Waals surface area (Å²) in [5, 5.41) is 0. The third-order valence-electron chi connectivity index (χ3n) is 6.55. The summed E-state index contributed by atoms with van der Waals surface area (Å²) >= 11 is 0. The lowest BCUT2D eigenvalue weighted by atomic mass is 9.71. The van der Waals surface area contributed by atoms with Crippen LogP contribution in [0.3, 0.4) is 0 Å². The van der Waals surface area contributed by atoms with Gasteiger partial charge in [0.15, 0.2) is 0 Å². The van der Waals surface area contributed by atoms with Crippen LogP contribution in [0.2, 0.25) is 0 Å². The molecule has 1 spiro atoms. The molecule has 0 saturated carbocycles. The van der Waals surface area contributed by atoms with Crippen LogP contribution in [0, 0.1) is 12.3 Å². The SMILES string of the molecule is COc1cccc(CN2CCC3(CC2)CCN(Cc2ccc(C)o2)CC3)c1. The van der Waals surface area contributed by atoms with Gasteiger partial charge in [0.1, 0.15) is 17.3 Å². The second-order valence-corrected chi connectivity index (χ2v) is 8.42. The smallest absolute Gasteiger partial charge is 0.119 e. The zero-order chi connectivity index (χ0) is 18.7. The molecule has 4 nitrogen and oxygen atoms in total. The molecule has 27 heavy (non-hydrogen) atoms. The highest BCUT2D eigenvalue weighted by molar-refractivity contribution is 5.28. The molecule has 2 aliphatic rings. The molecule has 2 aromatic rings. The number of nitrogens with zero attached hydrogens (tertiary/aromatic N) is 2. The molecule has 0 N–H and O–H groups in total. The van der Waals surface area contributed by atoms with Crippen molar-refractivity contribution in [3.05, 3.63) is 53.5 Å². The molecule has 1 aromatic carbocycles. The average molecular weight is 369 g/mol. The fourth-order valence-corrected chi connectivity index (χ4v) is 4.69. The Labute approximate surface area is 163 Å². The highest BCUT2D eigenvalue weighted by Gasteiger charge is 2.37. The maximum atomic E-state index is 5.75. The van der Waals surface area contributed by atoms with E-state index in [9.17, 15) is 0 Å². The largest absolute Gasteiger partial charge is 0.497 e. The van der Waals surface area contributed by atoms with Crippen LogP contribution in [-0.2, 0) is 13.1 Å². The molecule has 0 aliphatic carbocycles. The van der Waals surface area contributed by atoms with Crippen molar-refractivity contribution >= 4 is 0 Å². The van der Waals surface area contributed by atoms with E-state index in [-0.39, 0.29) is 0 Å². The molecule has 3 heterocycles. The van der Waals surface area contributed by atoms with E-state index in [4.69, 9.17) is 9.15 Å². The number of piperidine rings is 2. The quantitative estimate of drug-likeness (QED) is 0.778. The lowest BCUT2D eigenvalue weighted by Gasteiger charge is -2.47. The van der Waals surface area contributed by atoms with Gasteiger partial charge in [0.05, 0.1) is 13.7 Å². The third kappa shape index (κ3) is 4.56. The molecule has 1 aromatic heterocycles. The minimum atomic E-state index is 0.570. The fraction of sp³-hybridized carbons (Fsp3) is 0.565. The van der Waals surface area contributed by atoms with Crippen LogP contribution in [0.5, 0.6) is 5.75 Å². The highest BCUT2D eigenvalue weighted by atomic mass is 16.5. The van der Waals surface area contributed by atoms with Crippen molar-refractivity contribution in [1.29, 1.82) is 0 Å². The summed E-state index contributed by atoms with van der Waals surface area (Å²) < 4.78 is 11.1. The van der Waals surface area contributed by atoms with Gasteiger partial charge in [0.2, 0.25) is 0 Å². The number of aryl methyl sites for hydroxylation is 1. The molecule has 4 rings (SSSR count). The van der Waals surface area contributed by atoms with Gasteiger partial charge in [-0.2, -0.15) is 0 Å². The number of hydrogen-bond donors (Lipinski definition) is 0.